The van der Waals surface area contributed by atoms with Crippen LogP contribution in [0.15, 0.2) is 48.5 Å². The van der Waals surface area contributed by atoms with Gasteiger partial charge in [-0.2, -0.15) is 0 Å². The van der Waals surface area contributed by atoms with Crippen molar-refractivity contribution in [3.8, 4) is 11.5 Å². The van der Waals surface area contributed by atoms with Gasteiger partial charge in [0.05, 0.1) is 18.8 Å². The zero-order valence-electron chi connectivity index (χ0n) is 15.8. The normalized spacial score (nSPS) is 14.4. The average molecular weight is 368 g/mol. The fraction of sp³-hybridized carbons (Fsp3) is 0.333. The van der Waals surface area contributed by atoms with Gasteiger partial charge in [0.15, 0.2) is 6.61 Å². The van der Waals surface area contributed by atoms with Crippen molar-refractivity contribution in [1.82, 2.24) is 5.32 Å². The zero-order chi connectivity index (χ0) is 19.4. The van der Waals surface area contributed by atoms with Crippen LogP contribution in [0.5, 0.6) is 11.5 Å². The highest BCUT2D eigenvalue weighted by molar-refractivity contribution is 6.02. The van der Waals surface area contributed by atoms with E-state index < -0.39 is 0 Å². The largest absolute Gasteiger partial charge is 0.497 e. The van der Waals surface area contributed by atoms with E-state index >= 15 is 0 Å². The molecule has 3 rings (SSSR count). The number of nitrogens with one attached hydrogen (secondary N) is 1. The van der Waals surface area contributed by atoms with E-state index in [1.54, 1.807) is 19.2 Å². The third-order valence-corrected chi connectivity index (χ3v) is 4.57. The van der Waals surface area contributed by atoms with Crippen LogP contribution in [0, 0.1) is 5.92 Å². The van der Waals surface area contributed by atoms with Crippen LogP contribution < -0.4 is 19.7 Å². The molecule has 27 heavy (non-hydrogen) atoms. The molecule has 1 N–H and O–H groups in total. The Bertz CT molecular complexity index is 817. The summed E-state index contributed by atoms with van der Waals surface area (Å²) in [5.41, 5.74) is 1.61. The van der Waals surface area contributed by atoms with Gasteiger partial charge >= 0.3 is 0 Å². The van der Waals surface area contributed by atoms with Gasteiger partial charge in [-0.05, 0) is 35.7 Å². The van der Waals surface area contributed by atoms with Gasteiger partial charge in [0.1, 0.15) is 18.0 Å². The number of rotatable bonds is 6. The van der Waals surface area contributed by atoms with Crippen LogP contribution in [0.2, 0.25) is 0 Å². The molecule has 2 aromatic rings. The molecule has 1 unspecified atom stereocenters. The Morgan fingerprint density at radius 1 is 1.19 bits per heavy atom. The maximum Gasteiger partial charge on any atom is 0.265 e. The van der Waals surface area contributed by atoms with E-state index in [1.165, 1.54) is 4.90 Å². The molecule has 0 fully saturated rings. The van der Waals surface area contributed by atoms with E-state index in [-0.39, 0.29) is 36.9 Å². The molecule has 0 bridgehead atoms. The number of fused-ring (bicyclic) bond motifs is 1. The zero-order valence-corrected chi connectivity index (χ0v) is 15.8. The number of anilines is 1. The summed E-state index contributed by atoms with van der Waals surface area (Å²) in [5.74, 6) is 1.13. The topological polar surface area (TPSA) is 67.9 Å². The van der Waals surface area contributed by atoms with Gasteiger partial charge in [0, 0.05) is 0 Å². The third kappa shape index (κ3) is 4.22. The molecule has 1 heterocycles. The molecule has 0 radical (unpaired) electrons. The Morgan fingerprint density at radius 3 is 2.56 bits per heavy atom. The van der Waals surface area contributed by atoms with Crippen LogP contribution >= 0.6 is 0 Å². The minimum absolute atomic E-state index is 0.0431. The minimum Gasteiger partial charge on any atom is -0.497 e. The van der Waals surface area contributed by atoms with E-state index in [4.69, 9.17) is 9.47 Å². The van der Waals surface area contributed by atoms with Crippen LogP contribution in [0.4, 0.5) is 5.69 Å². The molecule has 0 saturated heterocycles. The lowest BCUT2D eigenvalue weighted by Gasteiger charge is -2.30. The molecule has 0 saturated carbocycles. The van der Waals surface area contributed by atoms with Crippen molar-refractivity contribution in [2.24, 2.45) is 5.92 Å². The number of benzene rings is 2. The molecule has 0 spiro atoms. The van der Waals surface area contributed by atoms with Crippen LogP contribution in [0.25, 0.3) is 0 Å². The molecule has 142 valence electrons. The first-order valence-electron chi connectivity index (χ1n) is 8.95. The molecule has 0 aromatic heterocycles. The molecular weight excluding hydrogens is 344 g/mol. The number of hydrogen-bond donors (Lipinski definition) is 1. The third-order valence-electron chi connectivity index (χ3n) is 4.57. The molecular formula is C21H24N2O4. The lowest BCUT2D eigenvalue weighted by molar-refractivity contribution is -0.125. The predicted molar refractivity (Wildman–Crippen MR) is 103 cm³/mol. The van der Waals surface area contributed by atoms with E-state index in [9.17, 15) is 9.59 Å². The van der Waals surface area contributed by atoms with Crippen LogP contribution in [-0.4, -0.2) is 32.1 Å². The Hall–Kier alpha value is -3.02. The number of ether oxygens (including phenoxy) is 2. The first-order valence-corrected chi connectivity index (χ1v) is 8.95. The summed E-state index contributed by atoms with van der Waals surface area (Å²) >= 11 is 0. The first-order chi connectivity index (χ1) is 13.0. The Kier molecular flexibility index (Phi) is 5.64. The number of methoxy groups -OCH3 is 1. The van der Waals surface area contributed by atoms with Crippen molar-refractivity contribution >= 4 is 17.5 Å². The van der Waals surface area contributed by atoms with Crippen LogP contribution in [0.3, 0.4) is 0 Å². The summed E-state index contributed by atoms with van der Waals surface area (Å²) in [4.78, 5) is 26.4. The van der Waals surface area contributed by atoms with Crippen molar-refractivity contribution < 1.29 is 19.1 Å². The van der Waals surface area contributed by atoms with E-state index in [0.717, 1.165) is 11.3 Å². The Balaban J connectivity index is 1.74. The van der Waals surface area contributed by atoms with Crippen LogP contribution in [0.1, 0.15) is 25.5 Å². The molecule has 6 nitrogen and oxygen atoms in total. The quantitative estimate of drug-likeness (QED) is 0.851. The average Bonchev–Trinajstić information content (AvgIpc) is 2.68. The minimum atomic E-state index is -0.227. The summed E-state index contributed by atoms with van der Waals surface area (Å²) in [6.45, 7) is 3.99. The fourth-order valence-electron chi connectivity index (χ4n) is 3.14. The summed E-state index contributed by atoms with van der Waals surface area (Å²) in [7, 11) is 1.62. The number of carbonyl (C=O) groups is 2. The van der Waals surface area contributed by atoms with Crippen molar-refractivity contribution in [2.45, 2.75) is 19.9 Å². The van der Waals surface area contributed by atoms with Gasteiger partial charge in [-0.1, -0.05) is 38.1 Å². The molecule has 0 aliphatic carbocycles. The number of carbonyl (C=O) groups excluding carboxylic acids is 2. The first kappa shape index (κ1) is 18.8. The van der Waals surface area contributed by atoms with E-state index in [1.807, 2.05) is 50.2 Å². The lowest BCUT2D eigenvalue weighted by Crippen LogP contribution is -2.46. The summed E-state index contributed by atoms with van der Waals surface area (Å²) in [6.07, 6.45) is 0. The SMILES string of the molecule is COc1ccc(C(NC(=O)CN2C(=O)COc3ccccc32)C(C)C)cc1. The smallest absolute Gasteiger partial charge is 0.265 e. The number of amides is 2. The van der Waals surface area contributed by atoms with Gasteiger partial charge < -0.3 is 14.8 Å². The highest BCUT2D eigenvalue weighted by atomic mass is 16.5. The molecule has 2 amide bonds. The number of para-hydroxylation sites is 2. The predicted octanol–water partition coefficient (Wildman–Crippen LogP) is 2.93. The van der Waals surface area contributed by atoms with Gasteiger partial charge in [-0.15, -0.1) is 0 Å². The molecule has 6 heteroatoms. The maximum atomic E-state index is 12.7. The molecule has 1 aliphatic rings. The number of hydrogen-bond acceptors (Lipinski definition) is 4. The van der Waals surface area contributed by atoms with Crippen molar-refractivity contribution in [2.75, 3.05) is 25.2 Å². The van der Waals surface area contributed by atoms with Crippen LogP contribution in [-0.2, 0) is 9.59 Å². The van der Waals surface area contributed by atoms with E-state index in [0.29, 0.717) is 11.4 Å². The molecule has 2 aromatic carbocycles. The Labute approximate surface area is 159 Å². The Morgan fingerprint density at radius 2 is 1.89 bits per heavy atom. The second-order valence-corrected chi connectivity index (χ2v) is 6.80. The van der Waals surface area contributed by atoms with Gasteiger partial charge in [-0.25, -0.2) is 0 Å². The molecule has 1 aliphatic heterocycles. The van der Waals surface area contributed by atoms with E-state index in [2.05, 4.69) is 5.32 Å². The second-order valence-electron chi connectivity index (χ2n) is 6.80. The van der Waals surface area contributed by atoms with Crippen molar-refractivity contribution in [3.63, 3.8) is 0 Å². The number of nitrogens with zero attached hydrogens (tertiary/aromatic N) is 1. The van der Waals surface area contributed by atoms with Gasteiger partial charge in [0.25, 0.3) is 5.91 Å². The molecule has 1 atom stereocenters. The highest BCUT2D eigenvalue weighted by Gasteiger charge is 2.28. The lowest BCUT2D eigenvalue weighted by atomic mass is 9.96. The highest BCUT2D eigenvalue weighted by Crippen LogP contribution is 2.31. The second kappa shape index (κ2) is 8.12. The monoisotopic (exact) mass is 368 g/mol. The van der Waals surface area contributed by atoms with Gasteiger partial charge in [0.2, 0.25) is 5.91 Å². The van der Waals surface area contributed by atoms with Gasteiger partial charge in [-0.3, -0.25) is 14.5 Å². The summed E-state index contributed by atoms with van der Waals surface area (Å²) in [5, 5.41) is 3.05. The maximum absolute atomic E-state index is 12.7. The summed E-state index contributed by atoms with van der Waals surface area (Å²) in [6, 6.07) is 14.7. The standard InChI is InChI=1S/C21H24N2O4/c1-14(2)21(15-8-10-16(26-3)11-9-15)22-19(24)12-23-17-6-4-5-7-18(17)27-13-20(23)25/h4-11,14,21H,12-13H2,1-3H3,(H,22,24). The van der Waals surface area contributed by atoms with Crippen molar-refractivity contribution in [1.29, 1.82) is 0 Å². The fourth-order valence-corrected chi connectivity index (χ4v) is 3.14. The summed E-state index contributed by atoms with van der Waals surface area (Å²) < 4.78 is 10.6. The van der Waals surface area contributed by atoms with Crippen molar-refractivity contribution in [3.05, 3.63) is 54.1 Å².